The molecule has 7 nitrogen and oxygen atoms in total. The second-order valence-electron chi connectivity index (χ2n) is 17.1. The Hall–Kier alpha value is -0.280. The van der Waals surface area contributed by atoms with E-state index in [4.69, 9.17) is 31.4 Å². The highest BCUT2D eigenvalue weighted by molar-refractivity contribution is 5.15. The lowest BCUT2D eigenvalue weighted by molar-refractivity contribution is -0.227. The van der Waals surface area contributed by atoms with Gasteiger partial charge in [-0.25, -0.2) is 0 Å². The van der Waals surface area contributed by atoms with E-state index in [0.29, 0.717) is 78.9 Å². The highest BCUT2D eigenvalue weighted by Crippen LogP contribution is 2.69. The van der Waals surface area contributed by atoms with Crippen molar-refractivity contribution in [3.63, 3.8) is 0 Å². The van der Waals surface area contributed by atoms with Crippen LogP contribution >= 0.6 is 0 Å². The number of unbranched alkanes of at least 4 members (excludes halogenated alkanes) is 5. The SMILES string of the molecule is CCCCCCCCNCCC[C@@H](C)[C@H]1CC[C@H]2[C@H]3[C@H](OCCCN)C[C@H]4C[C@H](OCCCN)CC[C@]4(C)[C@H]3C[C@H](OCCCN)[C@]12C. The van der Waals surface area contributed by atoms with Crippen LogP contribution in [0.15, 0.2) is 0 Å². The normalized spacial score (nSPS) is 36.8. The Morgan fingerprint density at radius 3 is 2.10 bits per heavy atom. The van der Waals surface area contributed by atoms with Crippen molar-refractivity contribution in [2.24, 2.45) is 63.5 Å². The van der Waals surface area contributed by atoms with E-state index >= 15 is 0 Å². The molecule has 282 valence electrons. The predicted octanol–water partition coefficient (Wildman–Crippen LogP) is 7.43. The molecule has 0 heterocycles. The third-order valence-corrected chi connectivity index (χ3v) is 14.2. The van der Waals surface area contributed by atoms with Gasteiger partial charge in [0, 0.05) is 25.2 Å². The number of fused-ring (bicyclic) bond motifs is 5. The fourth-order valence-electron chi connectivity index (χ4n) is 11.5. The van der Waals surface area contributed by atoms with E-state index in [-0.39, 0.29) is 5.41 Å². The third-order valence-electron chi connectivity index (χ3n) is 14.2. The minimum atomic E-state index is 0.183. The first kappa shape index (κ1) is 40.5. The van der Waals surface area contributed by atoms with Gasteiger partial charge in [0.05, 0.1) is 18.3 Å². The molecule has 0 bridgehead atoms. The Labute approximate surface area is 296 Å². The topological polar surface area (TPSA) is 118 Å². The minimum absolute atomic E-state index is 0.183. The lowest BCUT2D eigenvalue weighted by atomic mass is 9.43. The predicted molar refractivity (Wildman–Crippen MR) is 201 cm³/mol. The van der Waals surface area contributed by atoms with Gasteiger partial charge in [-0.1, -0.05) is 59.8 Å². The molecule has 0 saturated heterocycles. The second-order valence-corrected chi connectivity index (χ2v) is 17.1. The lowest BCUT2D eigenvalue weighted by Gasteiger charge is -2.65. The van der Waals surface area contributed by atoms with Crippen LogP contribution in [0.1, 0.15) is 143 Å². The van der Waals surface area contributed by atoms with Crippen LogP contribution in [0.5, 0.6) is 0 Å². The number of hydrogen-bond donors (Lipinski definition) is 4. The Balaban J connectivity index is 1.46. The summed E-state index contributed by atoms with van der Waals surface area (Å²) < 4.78 is 20.4. The van der Waals surface area contributed by atoms with Gasteiger partial charge in [0.25, 0.3) is 0 Å². The summed E-state index contributed by atoms with van der Waals surface area (Å²) in [5, 5.41) is 3.77. The molecule has 4 fully saturated rings. The summed E-state index contributed by atoms with van der Waals surface area (Å²) in [4.78, 5) is 0. The zero-order chi connectivity index (χ0) is 34.4. The van der Waals surface area contributed by atoms with Gasteiger partial charge in [-0.15, -0.1) is 0 Å². The Morgan fingerprint density at radius 1 is 0.708 bits per heavy atom. The van der Waals surface area contributed by atoms with Gasteiger partial charge in [-0.2, -0.15) is 0 Å². The smallest absolute Gasteiger partial charge is 0.0637 e. The molecule has 4 aliphatic carbocycles. The fourth-order valence-corrected chi connectivity index (χ4v) is 11.5. The zero-order valence-corrected chi connectivity index (χ0v) is 32.0. The van der Waals surface area contributed by atoms with Crippen LogP contribution in [0.2, 0.25) is 0 Å². The molecule has 7 N–H and O–H groups in total. The number of hydrogen-bond acceptors (Lipinski definition) is 7. The van der Waals surface area contributed by atoms with E-state index in [1.165, 1.54) is 96.4 Å². The van der Waals surface area contributed by atoms with Crippen molar-refractivity contribution in [1.29, 1.82) is 0 Å². The second kappa shape index (κ2) is 20.7. The Bertz CT molecular complexity index is 879. The monoisotopic (exact) mass is 677 g/mol. The highest BCUT2D eigenvalue weighted by atomic mass is 16.5. The molecule has 0 aromatic carbocycles. The van der Waals surface area contributed by atoms with Crippen molar-refractivity contribution in [2.45, 2.75) is 162 Å². The van der Waals surface area contributed by atoms with Crippen molar-refractivity contribution >= 4 is 0 Å². The van der Waals surface area contributed by atoms with Crippen molar-refractivity contribution in [3.05, 3.63) is 0 Å². The van der Waals surface area contributed by atoms with Crippen LogP contribution in [0.25, 0.3) is 0 Å². The molecule has 0 radical (unpaired) electrons. The summed E-state index contributed by atoms with van der Waals surface area (Å²) in [5.41, 5.74) is 18.3. The largest absolute Gasteiger partial charge is 0.378 e. The van der Waals surface area contributed by atoms with Crippen LogP contribution < -0.4 is 22.5 Å². The van der Waals surface area contributed by atoms with E-state index in [0.717, 1.165) is 52.0 Å². The van der Waals surface area contributed by atoms with Gasteiger partial charge < -0.3 is 36.7 Å². The fraction of sp³-hybridized carbons (Fsp3) is 1.00. The quantitative estimate of drug-likeness (QED) is 0.0786. The maximum atomic E-state index is 7.03. The number of nitrogens with two attached hydrogens (primary N) is 3. The molecule has 7 heteroatoms. The van der Waals surface area contributed by atoms with Crippen molar-refractivity contribution in [1.82, 2.24) is 5.32 Å². The molecule has 0 unspecified atom stereocenters. The Morgan fingerprint density at radius 2 is 1.38 bits per heavy atom. The van der Waals surface area contributed by atoms with E-state index in [1.54, 1.807) is 0 Å². The average Bonchev–Trinajstić information content (AvgIpc) is 3.44. The number of ether oxygens (including phenoxy) is 3. The average molecular weight is 677 g/mol. The summed E-state index contributed by atoms with van der Waals surface area (Å²) in [5.74, 6) is 3.92. The first-order valence-electron chi connectivity index (χ1n) is 21.0. The molecule has 0 aromatic heterocycles. The number of rotatable bonds is 24. The molecule has 11 atom stereocenters. The van der Waals surface area contributed by atoms with E-state index in [2.05, 4.69) is 33.0 Å². The van der Waals surface area contributed by atoms with Crippen LogP contribution in [0.4, 0.5) is 0 Å². The molecular weight excluding hydrogens is 596 g/mol. The number of nitrogens with one attached hydrogen (secondary N) is 1. The summed E-state index contributed by atoms with van der Waals surface area (Å²) >= 11 is 0. The van der Waals surface area contributed by atoms with Gasteiger partial charge in [-0.05, 0) is 157 Å². The van der Waals surface area contributed by atoms with Crippen molar-refractivity contribution in [3.8, 4) is 0 Å². The summed E-state index contributed by atoms with van der Waals surface area (Å²) in [6, 6.07) is 0. The van der Waals surface area contributed by atoms with Crippen molar-refractivity contribution in [2.75, 3.05) is 52.5 Å². The molecule has 0 aromatic rings. The lowest BCUT2D eigenvalue weighted by Crippen LogP contribution is -2.63. The van der Waals surface area contributed by atoms with E-state index in [1.807, 2.05) is 0 Å². The summed E-state index contributed by atoms with van der Waals surface area (Å²) in [6.45, 7) is 17.0. The van der Waals surface area contributed by atoms with Gasteiger partial charge in [-0.3, -0.25) is 0 Å². The van der Waals surface area contributed by atoms with Gasteiger partial charge in [0.1, 0.15) is 0 Å². The van der Waals surface area contributed by atoms with Gasteiger partial charge in [0.2, 0.25) is 0 Å². The molecule has 4 aliphatic rings. The zero-order valence-electron chi connectivity index (χ0n) is 32.0. The van der Waals surface area contributed by atoms with Crippen LogP contribution in [-0.4, -0.2) is 70.9 Å². The summed E-state index contributed by atoms with van der Waals surface area (Å²) in [7, 11) is 0. The molecule has 0 aliphatic heterocycles. The Kier molecular flexibility index (Phi) is 17.4. The maximum Gasteiger partial charge on any atom is 0.0637 e. The van der Waals surface area contributed by atoms with Crippen LogP contribution in [-0.2, 0) is 14.2 Å². The van der Waals surface area contributed by atoms with E-state index in [9.17, 15) is 0 Å². The maximum absolute atomic E-state index is 7.03. The minimum Gasteiger partial charge on any atom is -0.378 e. The van der Waals surface area contributed by atoms with Crippen LogP contribution in [0, 0.1) is 46.3 Å². The molecule has 48 heavy (non-hydrogen) atoms. The molecule has 0 spiro atoms. The third kappa shape index (κ3) is 9.98. The highest BCUT2D eigenvalue weighted by Gasteiger charge is 2.66. The molecule has 4 saturated carbocycles. The van der Waals surface area contributed by atoms with Crippen LogP contribution in [0.3, 0.4) is 0 Å². The van der Waals surface area contributed by atoms with Gasteiger partial charge in [0.15, 0.2) is 0 Å². The molecule has 4 rings (SSSR count). The first-order chi connectivity index (χ1) is 23.3. The standard InChI is InChI=1S/C41H80N4O3/c1-5-6-7-8-9-10-23-45-24-11-15-31(2)34-16-17-35-39-36(30-38(41(34,35)4)48-27-14-22-44)40(3)19-18-33(46-25-12-20-42)28-32(40)29-37(39)47-26-13-21-43/h31-39,45H,5-30,42-44H2,1-4H3/t31-,32-,33-,34-,35+,36+,37-,38+,39-,40+,41-/m1/s1. The molecular formula is C41H80N4O3. The summed E-state index contributed by atoms with van der Waals surface area (Å²) in [6.07, 6.45) is 23.2. The van der Waals surface area contributed by atoms with Crippen molar-refractivity contribution < 1.29 is 14.2 Å². The van der Waals surface area contributed by atoms with Gasteiger partial charge >= 0.3 is 0 Å². The molecule has 0 amide bonds. The first-order valence-corrected chi connectivity index (χ1v) is 21.0. The van der Waals surface area contributed by atoms with E-state index < -0.39 is 0 Å².